The van der Waals surface area contributed by atoms with E-state index in [9.17, 15) is 17.6 Å². The number of amides is 1. The van der Waals surface area contributed by atoms with Gasteiger partial charge in [-0.15, -0.1) is 4.83 Å². The molecule has 162 valence electrons. The van der Waals surface area contributed by atoms with Crippen LogP contribution in [0.5, 0.6) is 0 Å². The van der Waals surface area contributed by atoms with E-state index in [4.69, 9.17) is 11.6 Å². The fourth-order valence-corrected chi connectivity index (χ4v) is 4.71. The summed E-state index contributed by atoms with van der Waals surface area (Å²) in [4.78, 5) is 16.5. The molecule has 7 nitrogen and oxygen atoms in total. The molecule has 30 heavy (non-hydrogen) atoms. The van der Waals surface area contributed by atoms with Gasteiger partial charge in [-0.2, -0.15) is 0 Å². The molecule has 0 spiro atoms. The van der Waals surface area contributed by atoms with Crippen LogP contribution >= 0.6 is 11.6 Å². The van der Waals surface area contributed by atoms with Gasteiger partial charge < -0.3 is 5.32 Å². The van der Waals surface area contributed by atoms with Crippen molar-refractivity contribution in [1.82, 2.24) is 20.5 Å². The van der Waals surface area contributed by atoms with Crippen LogP contribution in [0.15, 0.2) is 36.4 Å². The molecule has 2 aromatic carbocycles. The van der Waals surface area contributed by atoms with E-state index in [0.717, 1.165) is 24.2 Å². The molecule has 0 saturated carbocycles. The average molecular weight is 455 g/mol. The van der Waals surface area contributed by atoms with Crippen molar-refractivity contribution >= 4 is 27.5 Å². The fraction of sp³-hybridized carbons (Fsp3) is 0.350. The maximum atomic E-state index is 14.5. The van der Waals surface area contributed by atoms with Crippen LogP contribution in [0.2, 0.25) is 5.02 Å². The van der Waals surface area contributed by atoms with Crippen molar-refractivity contribution in [1.29, 1.82) is 0 Å². The van der Waals surface area contributed by atoms with E-state index < -0.39 is 21.7 Å². The summed E-state index contributed by atoms with van der Waals surface area (Å²) >= 11 is 5.98. The number of aryl methyl sites for hydroxylation is 1. The van der Waals surface area contributed by atoms with Crippen LogP contribution in [0.3, 0.4) is 0 Å². The molecular formula is C20H24ClFN4O3S. The van der Waals surface area contributed by atoms with Gasteiger partial charge in [0.25, 0.3) is 5.91 Å². The highest BCUT2D eigenvalue weighted by Crippen LogP contribution is 2.28. The van der Waals surface area contributed by atoms with E-state index in [1.54, 1.807) is 0 Å². The van der Waals surface area contributed by atoms with Gasteiger partial charge in [-0.1, -0.05) is 41.4 Å². The Morgan fingerprint density at radius 1 is 1.30 bits per heavy atom. The Kier molecular flexibility index (Phi) is 7.10. The van der Waals surface area contributed by atoms with E-state index in [-0.39, 0.29) is 22.4 Å². The van der Waals surface area contributed by atoms with Crippen LogP contribution in [-0.2, 0) is 10.0 Å². The summed E-state index contributed by atoms with van der Waals surface area (Å²) < 4.78 is 39.2. The Bertz CT molecular complexity index is 1050. The van der Waals surface area contributed by atoms with E-state index >= 15 is 0 Å². The van der Waals surface area contributed by atoms with E-state index in [1.165, 1.54) is 12.1 Å². The maximum Gasteiger partial charge on any atom is 0.269 e. The van der Waals surface area contributed by atoms with Crippen LogP contribution in [0.25, 0.3) is 11.1 Å². The molecule has 1 unspecified atom stereocenters. The van der Waals surface area contributed by atoms with Gasteiger partial charge >= 0.3 is 0 Å². The molecule has 0 radical (unpaired) electrons. The zero-order chi connectivity index (χ0) is 21.9. The topological polar surface area (TPSA) is 90.5 Å². The van der Waals surface area contributed by atoms with Crippen LogP contribution < -0.4 is 15.6 Å². The molecule has 1 atom stereocenters. The lowest BCUT2D eigenvalue weighted by Crippen LogP contribution is -2.54. The number of nitrogens with one attached hydrogen (secondary N) is 3. The zero-order valence-corrected chi connectivity index (χ0v) is 18.3. The van der Waals surface area contributed by atoms with Crippen molar-refractivity contribution < 1.29 is 17.6 Å². The summed E-state index contributed by atoms with van der Waals surface area (Å²) in [5.74, 6) is -2.05. The average Bonchev–Trinajstić information content (AvgIpc) is 2.70. The van der Waals surface area contributed by atoms with Crippen molar-refractivity contribution in [3.8, 4) is 11.1 Å². The quantitative estimate of drug-likeness (QED) is 0.580. The van der Waals surface area contributed by atoms with Gasteiger partial charge in [-0.3, -0.25) is 15.1 Å². The van der Waals surface area contributed by atoms with Crippen molar-refractivity contribution in [2.75, 3.05) is 32.4 Å². The number of piperazine rings is 1. The number of sulfonamides is 1. The molecule has 3 rings (SSSR count). The van der Waals surface area contributed by atoms with Gasteiger partial charge in [0.15, 0.2) is 5.82 Å². The second-order valence-electron chi connectivity index (χ2n) is 7.37. The minimum atomic E-state index is -3.83. The summed E-state index contributed by atoms with van der Waals surface area (Å²) in [7, 11) is -1.99. The third-order valence-corrected chi connectivity index (χ3v) is 6.51. The SMILES string of the molecule is Cc1cccc(-c2cc(Cl)c(F)c(C(=O)NNS(=O)(=O)CC3CNCCN3C)c2)c1. The molecule has 3 N–H and O–H groups in total. The minimum absolute atomic E-state index is 0.205. The highest BCUT2D eigenvalue weighted by atomic mass is 35.5. The number of carbonyl (C=O) groups excluding carboxylic acids is 1. The molecule has 0 bridgehead atoms. The Labute approximate surface area is 180 Å². The first-order valence-electron chi connectivity index (χ1n) is 9.43. The Morgan fingerprint density at radius 3 is 2.77 bits per heavy atom. The maximum absolute atomic E-state index is 14.5. The lowest BCUT2D eigenvalue weighted by atomic mass is 10.0. The van der Waals surface area contributed by atoms with Crippen molar-refractivity contribution in [3.05, 3.63) is 58.4 Å². The number of nitrogens with zero attached hydrogens (tertiary/aromatic N) is 1. The fourth-order valence-electron chi connectivity index (χ4n) is 3.28. The van der Waals surface area contributed by atoms with Crippen LogP contribution in [0.4, 0.5) is 4.39 Å². The van der Waals surface area contributed by atoms with Crippen molar-refractivity contribution in [3.63, 3.8) is 0 Å². The standard InChI is InChI=1S/C20H24ClFN4O3S/c1-13-4-3-5-14(8-13)15-9-17(19(22)18(21)10-15)20(27)24-25-30(28,29)12-16-11-23-6-7-26(16)2/h3-5,8-10,16,23,25H,6-7,11-12H2,1-2H3,(H,24,27). The van der Waals surface area contributed by atoms with Crippen LogP contribution in [0.1, 0.15) is 15.9 Å². The lowest BCUT2D eigenvalue weighted by molar-refractivity contribution is 0.0941. The molecule has 1 aliphatic heterocycles. The van der Waals surface area contributed by atoms with Gasteiger partial charge in [0.2, 0.25) is 10.0 Å². The van der Waals surface area contributed by atoms with Gasteiger partial charge in [-0.25, -0.2) is 12.8 Å². The summed E-state index contributed by atoms with van der Waals surface area (Å²) in [6.07, 6.45) is 0. The number of carbonyl (C=O) groups is 1. The van der Waals surface area contributed by atoms with Crippen LogP contribution in [-0.4, -0.2) is 57.7 Å². The third-order valence-electron chi connectivity index (χ3n) is 5.00. The van der Waals surface area contributed by atoms with E-state index in [0.29, 0.717) is 12.1 Å². The molecule has 0 aliphatic carbocycles. The van der Waals surface area contributed by atoms with Gasteiger partial charge in [0.05, 0.1) is 16.3 Å². The number of hydrogen-bond acceptors (Lipinski definition) is 5. The Morgan fingerprint density at radius 2 is 2.07 bits per heavy atom. The monoisotopic (exact) mass is 454 g/mol. The van der Waals surface area contributed by atoms with Gasteiger partial charge in [0.1, 0.15) is 0 Å². The molecular weight excluding hydrogens is 431 g/mol. The third kappa shape index (κ3) is 5.55. The number of halogens is 2. The first-order chi connectivity index (χ1) is 14.2. The first kappa shape index (κ1) is 22.6. The summed E-state index contributed by atoms with van der Waals surface area (Å²) in [5.41, 5.74) is 4.05. The Hall–Kier alpha value is -2.04. The normalized spacial score (nSPS) is 17.7. The Balaban J connectivity index is 1.74. The summed E-state index contributed by atoms with van der Waals surface area (Å²) in [5, 5.41) is 2.91. The second-order valence-corrected chi connectivity index (χ2v) is 9.54. The zero-order valence-electron chi connectivity index (χ0n) is 16.7. The van der Waals surface area contributed by atoms with Crippen molar-refractivity contribution in [2.45, 2.75) is 13.0 Å². The number of hydrogen-bond donors (Lipinski definition) is 3. The van der Waals surface area contributed by atoms with Crippen molar-refractivity contribution in [2.24, 2.45) is 0 Å². The molecule has 2 aromatic rings. The number of benzene rings is 2. The lowest BCUT2D eigenvalue weighted by Gasteiger charge is -2.32. The first-order valence-corrected chi connectivity index (χ1v) is 11.5. The predicted octanol–water partition coefficient (Wildman–Crippen LogP) is 1.92. The molecule has 1 aliphatic rings. The number of rotatable bonds is 6. The van der Waals surface area contributed by atoms with E-state index in [1.807, 2.05) is 48.0 Å². The number of hydrazine groups is 1. The highest BCUT2D eigenvalue weighted by molar-refractivity contribution is 7.89. The molecule has 10 heteroatoms. The second kappa shape index (κ2) is 9.40. The van der Waals surface area contributed by atoms with Gasteiger partial charge in [-0.05, 0) is 37.2 Å². The smallest absolute Gasteiger partial charge is 0.269 e. The molecule has 1 fully saturated rings. The molecule has 1 saturated heterocycles. The molecule has 1 heterocycles. The number of likely N-dealkylation sites (N-methyl/N-ethyl adjacent to an activating group) is 1. The summed E-state index contributed by atoms with van der Waals surface area (Å²) in [6, 6.07) is 9.99. The molecule has 1 amide bonds. The van der Waals surface area contributed by atoms with E-state index in [2.05, 4.69) is 10.7 Å². The van der Waals surface area contributed by atoms with Crippen LogP contribution in [0, 0.1) is 12.7 Å². The highest BCUT2D eigenvalue weighted by Gasteiger charge is 2.26. The molecule has 0 aromatic heterocycles. The summed E-state index contributed by atoms with van der Waals surface area (Å²) in [6.45, 7) is 3.95. The predicted molar refractivity (Wildman–Crippen MR) is 115 cm³/mol. The minimum Gasteiger partial charge on any atom is -0.314 e. The van der Waals surface area contributed by atoms with Gasteiger partial charge in [0, 0.05) is 25.7 Å². The largest absolute Gasteiger partial charge is 0.314 e.